The van der Waals surface area contributed by atoms with Gasteiger partial charge in [-0.3, -0.25) is 0 Å². The van der Waals surface area contributed by atoms with Crippen LogP contribution in [0.15, 0.2) is 303 Å². The molecule has 0 saturated carbocycles. The van der Waals surface area contributed by atoms with Gasteiger partial charge in [0.2, 0.25) is 0 Å². The summed E-state index contributed by atoms with van der Waals surface area (Å²) in [5.74, 6) is 0.327. The molecular formula is C73H52N2. The van der Waals surface area contributed by atoms with Crippen molar-refractivity contribution in [2.24, 2.45) is 0 Å². The van der Waals surface area contributed by atoms with Gasteiger partial charge in [-0.2, -0.15) is 0 Å². The maximum atomic E-state index is 2.52. The van der Waals surface area contributed by atoms with Gasteiger partial charge in [-0.25, -0.2) is 0 Å². The van der Waals surface area contributed by atoms with Gasteiger partial charge >= 0.3 is 0 Å². The zero-order chi connectivity index (χ0) is 49.7. The molecule has 75 heavy (non-hydrogen) atoms. The van der Waals surface area contributed by atoms with Crippen LogP contribution in [0.25, 0.3) is 60.9 Å². The lowest BCUT2D eigenvalue weighted by Crippen LogP contribution is -2.28. The molecular weight excluding hydrogens is 905 g/mol. The van der Waals surface area contributed by atoms with Gasteiger partial charge in [0.05, 0.1) is 22.1 Å². The first kappa shape index (κ1) is 44.2. The molecule has 0 saturated heterocycles. The summed E-state index contributed by atoms with van der Waals surface area (Å²) < 4.78 is 2.44. The van der Waals surface area contributed by atoms with Crippen molar-refractivity contribution in [1.82, 2.24) is 4.57 Å². The van der Waals surface area contributed by atoms with Crippen LogP contribution in [0.3, 0.4) is 0 Å². The normalized spacial score (nSPS) is 15.2. The molecule has 12 aromatic rings. The fourth-order valence-corrected chi connectivity index (χ4v) is 12.7. The van der Waals surface area contributed by atoms with Crippen molar-refractivity contribution in [3.05, 3.63) is 337 Å². The first-order valence-corrected chi connectivity index (χ1v) is 26.2. The van der Waals surface area contributed by atoms with E-state index in [-0.39, 0.29) is 11.8 Å². The Bertz CT molecular complexity index is 4090. The van der Waals surface area contributed by atoms with E-state index in [4.69, 9.17) is 0 Å². The highest BCUT2D eigenvalue weighted by Gasteiger charge is 2.46. The summed E-state index contributed by atoms with van der Waals surface area (Å²) in [5.41, 5.74) is 21.2. The number of benzene rings is 11. The largest absolute Gasteiger partial charge is 0.310 e. The number of hydrogen-bond donors (Lipinski definition) is 0. The lowest BCUT2D eigenvalue weighted by molar-refractivity contribution is 0.731. The summed E-state index contributed by atoms with van der Waals surface area (Å²) in [4.78, 5) is 2.52. The van der Waals surface area contributed by atoms with Crippen molar-refractivity contribution in [2.45, 2.75) is 17.3 Å². The van der Waals surface area contributed by atoms with Gasteiger partial charge < -0.3 is 9.47 Å². The van der Waals surface area contributed by atoms with Crippen molar-refractivity contribution in [3.8, 4) is 39.1 Å². The first-order valence-electron chi connectivity index (χ1n) is 26.2. The van der Waals surface area contributed by atoms with Crippen LogP contribution in [0.1, 0.15) is 45.2 Å². The molecule has 2 atom stereocenters. The average Bonchev–Trinajstić information content (AvgIpc) is 4.03. The number of fused-ring (bicyclic) bond motifs is 6. The molecule has 2 heteroatoms. The Kier molecular flexibility index (Phi) is 10.9. The second-order valence-corrected chi connectivity index (χ2v) is 19.9. The zero-order valence-electron chi connectivity index (χ0n) is 41.4. The topological polar surface area (TPSA) is 8.17 Å². The molecule has 2 nitrogen and oxygen atoms in total. The molecule has 1 aromatic heterocycles. The smallest absolute Gasteiger partial charge is 0.0713 e. The van der Waals surface area contributed by atoms with Crippen LogP contribution in [-0.4, -0.2) is 4.57 Å². The van der Waals surface area contributed by atoms with Crippen LogP contribution in [0.5, 0.6) is 0 Å². The number of hydrogen-bond acceptors (Lipinski definition) is 1. The summed E-state index contributed by atoms with van der Waals surface area (Å²) in [7, 11) is 0. The highest BCUT2D eigenvalue weighted by atomic mass is 15.1. The fraction of sp³-hybridized carbons (Fsp3) is 0.0411. The summed E-state index contributed by atoms with van der Waals surface area (Å²) in [6.45, 7) is 0. The molecule has 0 spiro atoms. The number of rotatable bonds is 10. The van der Waals surface area contributed by atoms with E-state index in [0.29, 0.717) is 0 Å². The molecule has 1 heterocycles. The van der Waals surface area contributed by atoms with Gasteiger partial charge in [0.1, 0.15) is 0 Å². The minimum Gasteiger partial charge on any atom is -0.310 e. The Labute approximate surface area is 439 Å². The van der Waals surface area contributed by atoms with Gasteiger partial charge in [0.15, 0.2) is 0 Å². The van der Waals surface area contributed by atoms with Gasteiger partial charge in [0, 0.05) is 50.8 Å². The molecule has 0 aliphatic heterocycles. The average molecular weight is 957 g/mol. The third kappa shape index (κ3) is 7.24. The van der Waals surface area contributed by atoms with E-state index in [1.54, 1.807) is 0 Å². The van der Waals surface area contributed by atoms with Gasteiger partial charge in [-0.05, 0) is 104 Å². The van der Waals surface area contributed by atoms with E-state index in [0.717, 1.165) is 28.3 Å². The van der Waals surface area contributed by atoms with Crippen LogP contribution in [0, 0.1) is 0 Å². The minimum absolute atomic E-state index is 0.135. The Morgan fingerprint density at radius 3 is 1.69 bits per heavy atom. The molecule has 14 rings (SSSR count). The van der Waals surface area contributed by atoms with E-state index in [1.165, 1.54) is 83.0 Å². The van der Waals surface area contributed by atoms with E-state index < -0.39 is 5.41 Å². The predicted molar refractivity (Wildman–Crippen MR) is 314 cm³/mol. The van der Waals surface area contributed by atoms with Crippen molar-refractivity contribution in [2.75, 3.05) is 4.90 Å². The molecule has 11 aromatic carbocycles. The Morgan fingerprint density at radius 2 is 0.920 bits per heavy atom. The number of allylic oxidation sites excluding steroid dienone is 4. The summed E-state index contributed by atoms with van der Waals surface area (Å²) >= 11 is 0. The van der Waals surface area contributed by atoms with E-state index >= 15 is 0 Å². The van der Waals surface area contributed by atoms with E-state index in [1.807, 2.05) is 0 Å². The molecule has 2 aliphatic rings. The minimum atomic E-state index is -0.512. The molecule has 0 fully saturated rings. The van der Waals surface area contributed by atoms with Gasteiger partial charge in [-0.1, -0.05) is 255 Å². The van der Waals surface area contributed by atoms with Crippen LogP contribution in [0.4, 0.5) is 17.1 Å². The number of aromatic nitrogens is 1. The van der Waals surface area contributed by atoms with Crippen LogP contribution >= 0.6 is 0 Å². The summed E-state index contributed by atoms with van der Waals surface area (Å²) in [6.07, 6.45) is 9.18. The van der Waals surface area contributed by atoms with E-state index in [2.05, 4.69) is 313 Å². The quantitative estimate of drug-likeness (QED) is 0.133. The SMILES string of the molecule is C1=CC(c2ccccc2)C(c2ccccc2-c2ccccc2N(c2cccc(-c3cccc4c5ccccc5n(-c5ccccc5)c34)c2)c2ccc3c(c2)-c2ccccc2C3(c2ccccc2)c2ccccc2)C=C1. The van der Waals surface area contributed by atoms with Crippen molar-refractivity contribution in [1.29, 1.82) is 0 Å². The second kappa shape index (κ2) is 18.5. The molecule has 0 bridgehead atoms. The number of para-hydroxylation sites is 4. The standard InChI is InChI=1S/C73H52N2/c1-5-25-51(26-6-1)58-35-13-14-36-60(58)61-37-15-16-38-62(61)64-40-18-21-45-70(64)74(56-34-23-27-52(49-56)59-42-24-43-66-65-41-19-22-46-71(65)75(72(59)66)55-32-11-4-12-33-55)57-47-48-69-67(50-57)63-39-17-20-44-68(63)73(69,53-28-7-2-8-29-53)54-30-9-3-10-31-54/h1-50,58,60H. The molecule has 0 radical (unpaired) electrons. The highest BCUT2D eigenvalue weighted by Crippen LogP contribution is 2.58. The third-order valence-corrected chi connectivity index (χ3v) is 15.9. The molecule has 2 aliphatic carbocycles. The van der Waals surface area contributed by atoms with Crippen molar-refractivity contribution >= 4 is 38.9 Å². The maximum absolute atomic E-state index is 2.52. The van der Waals surface area contributed by atoms with Gasteiger partial charge in [-0.15, -0.1) is 0 Å². The third-order valence-electron chi connectivity index (χ3n) is 15.9. The Balaban J connectivity index is 1.01. The fourth-order valence-electron chi connectivity index (χ4n) is 12.7. The Hall–Kier alpha value is -9.50. The van der Waals surface area contributed by atoms with Crippen molar-refractivity contribution in [3.63, 3.8) is 0 Å². The zero-order valence-corrected chi connectivity index (χ0v) is 41.4. The van der Waals surface area contributed by atoms with Crippen molar-refractivity contribution < 1.29 is 0 Å². The summed E-state index contributed by atoms with van der Waals surface area (Å²) in [5, 5.41) is 2.47. The van der Waals surface area contributed by atoms with Crippen LogP contribution in [0.2, 0.25) is 0 Å². The van der Waals surface area contributed by atoms with E-state index in [9.17, 15) is 0 Å². The molecule has 2 unspecified atom stereocenters. The summed E-state index contributed by atoms with van der Waals surface area (Å²) in [6, 6.07) is 103. The van der Waals surface area contributed by atoms with Crippen LogP contribution in [-0.2, 0) is 5.41 Å². The Morgan fingerprint density at radius 1 is 0.360 bits per heavy atom. The van der Waals surface area contributed by atoms with Gasteiger partial charge in [0.25, 0.3) is 0 Å². The maximum Gasteiger partial charge on any atom is 0.0713 e. The molecule has 0 amide bonds. The molecule has 354 valence electrons. The van der Waals surface area contributed by atoms with Crippen LogP contribution < -0.4 is 4.90 Å². The predicted octanol–water partition coefficient (Wildman–Crippen LogP) is 18.9. The lowest BCUT2D eigenvalue weighted by Gasteiger charge is -2.34. The monoisotopic (exact) mass is 956 g/mol. The lowest BCUT2D eigenvalue weighted by atomic mass is 9.68. The number of nitrogens with zero attached hydrogens (tertiary/aromatic N) is 2. The highest BCUT2D eigenvalue weighted by molar-refractivity contribution is 6.14. The molecule has 0 N–H and O–H groups in total. The number of anilines is 3. The first-order chi connectivity index (χ1) is 37.3. The second-order valence-electron chi connectivity index (χ2n) is 19.9.